The Morgan fingerprint density at radius 2 is 2.10 bits per heavy atom. The summed E-state index contributed by atoms with van der Waals surface area (Å²) in [5.41, 5.74) is -0.909. The SMILES string of the molecule is C[C@H](NC(=O)C(C)(C)Oc1ccccc1)[C@H]1CCCO1. The number of carbonyl (C=O) groups is 1. The Hall–Kier alpha value is -1.55. The van der Waals surface area contributed by atoms with E-state index in [4.69, 9.17) is 9.47 Å². The van der Waals surface area contributed by atoms with E-state index in [1.807, 2.05) is 37.3 Å². The topological polar surface area (TPSA) is 47.6 Å². The van der Waals surface area contributed by atoms with Crippen molar-refractivity contribution in [2.24, 2.45) is 0 Å². The average molecular weight is 277 g/mol. The molecule has 1 amide bonds. The van der Waals surface area contributed by atoms with Gasteiger partial charge in [-0.05, 0) is 45.7 Å². The predicted octanol–water partition coefficient (Wildman–Crippen LogP) is 2.53. The zero-order valence-electron chi connectivity index (χ0n) is 12.4. The Morgan fingerprint density at radius 1 is 1.40 bits per heavy atom. The molecule has 1 fully saturated rings. The van der Waals surface area contributed by atoms with Gasteiger partial charge < -0.3 is 14.8 Å². The van der Waals surface area contributed by atoms with E-state index >= 15 is 0 Å². The van der Waals surface area contributed by atoms with Crippen LogP contribution in [0.4, 0.5) is 0 Å². The third-order valence-electron chi connectivity index (χ3n) is 3.54. The molecule has 20 heavy (non-hydrogen) atoms. The monoisotopic (exact) mass is 277 g/mol. The van der Waals surface area contributed by atoms with Crippen molar-refractivity contribution < 1.29 is 14.3 Å². The van der Waals surface area contributed by atoms with Gasteiger partial charge in [0.2, 0.25) is 0 Å². The van der Waals surface area contributed by atoms with Crippen LogP contribution in [0.5, 0.6) is 5.75 Å². The van der Waals surface area contributed by atoms with Gasteiger partial charge in [0.05, 0.1) is 12.1 Å². The number of hydrogen-bond donors (Lipinski definition) is 1. The molecule has 1 aliphatic heterocycles. The van der Waals surface area contributed by atoms with Crippen LogP contribution < -0.4 is 10.1 Å². The standard InChI is InChI=1S/C16H23NO3/c1-12(14-10-7-11-19-14)17-15(18)16(2,3)20-13-8-5-4-6-9-13/h4-6,8-9,12,14H,7,10-11H2,1-3H3,(H,17,18)/t12-,14+/m0/s1. The largest absolute Gasteiger partial charge is 0.478 e. The summed E-state index contributed by atoms with van der Waals surface area (Å²) in [6, 6.07) is 9.39. The normalized spacial score (nSPS) is 20.4. The first-order valence-electron chi connectivity index (χ1n) is 7.16. The lowest BCUT2D eigenvalue weighted by molar-refractivity contribution is -0.135. The Morgan fingerprint density at radius 3 is 2.70 bits per heavy atom. The van der Waals surface area contributed by atoms with Crippen molar-refractivity contribution in [1.29, 1.82) is 0 Å². The summed E-state index contributed by atoms with van der Waals surface area (Å²) in [7, 11) is 0. The van der Waals surface area contributed by atoms with Gasteiger partial charge in [-0.1, -0.05) is 18.2 Å². The van der Waals surface area contributed by atoms with Crippen molar-refractivity contribution in [2.45, 2.75) is 51.4 Å². The molecule has 4 heteroatoms. The van der Waals surface area contributed by atoms with Crippen molar-refractivity contribution in [3.05, 3.63) is 30.3 Å². The molecule has 1 aromatic carbocycles. The van der Waals surface area contributed by atoms with Gasteiger partial charge in [0.25, 0.3) is 5.91 Å². The number of benzene rings is 1. The van der Waals surface area contributed by atoms with Crippen molar-refractivity contribution in [3.63, 3.8) is 0 Å². The second kappa shape index (κ2) is 6.27. The van der Waals surface area contributed by atoms with Crippen LogP contribution in [0.25, 0.3) is 0 Å². The second-order valence-corrected chi connectivity index (χ2v) is 5.74. The number of ether oxygens (including phenoxy) is 2. The zero-order valence-corrected chi connectivity index (χ0v) is 12.4. The zero-order chi connectivity index (χ0) is 14.6. The number of carbonyl (C=O) groups excluding carboxylic acids is 1. The molecule has 4 nitrogen and oxygen atoms in total. The van der Waals surface area contributed by atoms with Gasteiger partial charge in [-0.3, -0.25) is 4.79 Å². The molecule has 1 N–H and O–H groups in total. The van der Waals surface area contributed by atoms with Crippen molar-refractivity contribution >= 4 is 5.91 Å². The van der Waals surface area contributed by atoms with Gasteiger partial charge in [-0.15, -0.1) is 0 Å². The lowest BCUT2D eigenvalue weighted by Gasteiger charge is -2.28. The number of para-hydroxylation sites is 1. The molecule has 0 aliphatic carbocycles. The van der Waals surface area contributed by atoms with Gasteiger partial charge in [0.1, 0.15) is 5.75 Å². The Bertz CT molecular complexity index is 438. The van der Waals surface area contributed by atoms with Crippen LogP contribution >= 0.6 is 0 Å². The fraction of sp³-hybridized carbons (Fsp3) is 0.562. The Kier molecular flexibility index (Phi) is 4.65. The summed E-state index contributed by atoms with van der Waals surface area (Å²) in [5.74, 6) is 0.571. The van der Waals surface area contributed by atoms with E-state index in [0.717, 1.165) is 19.4 Å². The van der Waals surface area contributed by atoms with Crippen LogP contribution in [0, 0.1) is 0 Å². The summed E-state index contributed by atoms with van der Waals surface area (Å²) in [4.78, 5) is 12.3. The maximum absolute atomic E-state index is 12.3. The molecule has 0 aromatic heterocycles. The van der Waals surface area contributed by atoms with E-state index < -0.39 is 5.60 Å². The van der Waals surface area contributed by atoms with E-state index in [1.54, 1.807) is 13.8 Å². The average Bonchev–Trinajstić information content (AvgIpc) is 2.93. The first kappa shape index (κ1) is 14.9. The van der Waals surface area contributed by atoms with E-state index in [-0.39, 0.29) is 18.1 Å². The molecule has 0 unspecified atom stereocenters. The van der Waals surface area contributed by atoms with Gasteiger partial charge in [0.15, 0.2) is 5.60 Å². The van der Waals surface area contributed by atoms with Crippen LogP contribution in [-0.2, 0) is 9.53 Å². The van der Waals surface area contributed by atoms with Gasteiger partial charge in [-0.2, -0.15) is 0 Å². The molecule has 1 aliphatic rings. The van der Waals surface area contributed by atoms with E-state index in [1.165, 1.54) is 0 Å². The molecule has 0 saturated carbocycles. The predicted molar refractivity (Wildman–Crippen MR) is 77.7 cm³/mol. The fourth-order valence-electron chi connectivity index (χ4n) is 2.30. The van der Waals surface area contributed by atoms with Crippen LogP contribution in [0.15, 0.2) is 30.3 Å². The molecule has 1 aromatic rings. The van der Waals surface area contributed by atoms with Crippen LogP contribution in [0.2, 0.25) is 0 Å². The van der Waals surface area contributed by atoms with E-state index in [9.17, 15) is 4.79 Å². The number of nitrogens with one attached hydrogen (secondary N) is 1. The highest BCUT2D eigenvalue weighted by molar-refractivity contribution is 5.85. The quantitative estimate of drug-likeness (QED) is 0.899. The van der Waals surface area contributed by atoms with Crippen molar-refractivity contribution in [1.82, 2.24) is 5.32 Å². The summed E-state index contributed by atoms with van der Waals surface area (Å²) in [5, 5.41) is 2.99. The molecule has 2 atom stereocenters. The molecule has 1 heterocycles. The van der Waals surface area contributed by atoms with Crippen molar-refractivity contribution in [3.8, 4) is 5.75 Å². The smallest absolute Gasteiger partial charge is 0.263 e. The van der Waals surface area contributed by atoms with Crippen molar-refractivity contribution in [2.75, 3.05) is 6.61 Å². The molecule has 0 bridgehead atoms. The summed E-state index contributed by atoms with van der Waals surface area (Å²) in [6.45, 7) is 6.32. The van der Waals surface area contributed by atoms with Crippen LogP contribution in [0.1, 0.15) is 33.6 Å². The highest BCUT2D eigenvalue weighted by atomic mass is 16.5. The highest BCUT2D eigenvalue weighted by Crippen LogP contribution is 2.20. The molecule has 0 spiro atoms. The van der Waals surface area contributed by atoms with Gasteiger partial charge in [0, 0.05) is 6.61 Å². The van der Waals surface area contributed by atoms with E-state index in [2.05, 4.69) is 5.32 Å². The van der Waals surface area contributed by atoms with Crippen LogP contribution in [0.3, 0.4) is 0 Å². The molecular weight excluding hydrogens is 254 g/mol. The summed E-state index contributed by atoms with van der Waals surface area (Å²) >= 11 is 0. The lowest BCUT2D eigenvalue weighted by atomic mass is 10.1. The van der Waals surface area contributed by atoms with Gasteiger partial charge >= 0.3 is 0 Å². The highest BCUT2D eigenvalue weighted by Gasteiger charge is 2.33. The lowest BCUT2D eigenvalue weighted by Crippen LogP contribution is -2.52. The Balaban J connectivity index is 1.92. The van der Waals surface area contributed by atoms with Crippen LogP contribution in [-0.4, -0.2) is 30.3 Å². The van der Waals surface area contributed by atoms with E-state index in [0.29, 0.717) is 5.75 Å². The number of hydrogen-bond acceptors (Lipinski definition) is 3. The maximum Gasteiger partial charge on any atom is 0.263 e. The molecule has 110 valence electrons. The molecule has 1 saturated heterocycles. The number of rotatable bonds is 5. The third kappa shape index (κ3) is 3.73. The Labute approximate surface area is 120 Å². The number of amides is 1. The second-order valence-electron chi connectivity index (χ2n) is 5.74. The molecule has 0 radical (unpaired) electrons. The molecular formula is C16H23NO3. The minimum atomic E-state index is -0.909. The summed E-state index contributed by atoms with van der Waals surface area (Å²) < 4.78 is 11.4. The first-order valence-corrected chi connectivity index (χ1v) is 7.16. The maximum atomic E-state index is 12.3. The minimum Gasteiger partial charge on any atom is -0.478 e. The third-order valence-corrected chi connectivity index (χ3v) is 3.54. The fourth-order valence-corrected chi connectivity index (χ4v) is 2.30. The van der Waals surface area contributed by atoms with Gasteiger partial charge in [-0.25, -0.2) is 0 Å². The minimum absolute atomic E-state index is 0.00338. The first-order chi connectivity index (χ1) is 9.49. The summed E-state index contributed by atoms with van der Waals surface area (Å²) in [6.07, 6.45) is 2.18. The molecule has 2 rings (SSSR count).